The third-order valence-corrected chi connectivity index (χ3v) is 0.743. The molecule has 0 atom stereocenters. The summed E-state index contributed by atoms with van der Waals surface area (Å²) < 4.78 is 0. The van der Waals surface area contributed by atoms with Crippen LogP contribution in [0.1, 0.15) is 12.8 Å². The van der Waals surface area contributed by atoms with Crippen LogP contribution in [0.25, 0.3) is 0 Å². The molecule has 0 amide bonds. The van der Waals surface area contributed by atoms with Gasteiger partial charge in [0.1, 0.15) is 0 Å². The van der Waals surface area contributed by atoms with Gasteiger partial charge in [0.05, 0.1) is 0 Å². The zero-order valence-corrected chi connectivity index (χ0v) is 4.35. The number of rotatable bonds is 4. The van der Waals surface area contributed by atoms with Crippen LogP contribution in [0.3, 0.4) is 0 Å². The first-order valence-electron chi connectivity index (χ1n) is 2.49. The molecule has 0 fully saturated rings. The highest BCUT2D eigenvalue weighted by Crippen LogP contribution is 1.79. The Morgan fingerprint density at radius 1 is 1.43 bits per heavy atom. The van der Waals surface area contributed by atoms with Crippen molar-refractivity contribution in [3.8, 4) is 0 Å². The zero-order chi connectivity index (χ0) is 5.54. The van der Waals surface area contributed by atoms with E-state index in [9.17, 15) is 0 Å². The van der Waals surface area contributed by atoms with Gasteiger partial charge in [-0.15, -0.1) is 0 Å². The van der Waals surface area contributed by atoms with Crippen LogP contribution in [-0.4, -0.2) is 18.3 Å². The Kier molecular flexibility index (Phi) is 5.78. The van der Waals surface area contributed by atoms with Crippen molar-refractivity contribution in [2.75, 3.05) is 13.1 Å². The molecule has 0 heterocycles. The van der Waals surface area contributed by atoms with Gasteiger partial charge in [0.15, 0.2) is 0 Å². The lowest BCUT2D eigenvalue weighted by Crippen LogP contribution is -2.10. The van der Waals surface area contributed by atoms with Crippen molar-refractivity contribution in [2.24, 2.45) is 5.73 Å². The number of nitrogens with one attached hydrogen (secondary N) is 1. The van der Waals surface area contributed by atoms with Crippen molar-refractivity contribution in [3.05, 3.63) is 0 Å². The summed E-state index contributed by atoms with van der Waals surface area (Å²) in [5.74, 6) is 0. The summed E-state index contributed by atoms with van der Waals surface area (Å²) in [6.45, 7) is 1.36. The minimum absolute atomic E-state index is 0.650. The molecule has 0 aromatic carbocycles. The fourth-order valence-corrected chi connectivity index (χ4v) is 0.348. The van der Waals surface area contributed by atoms with E-state index in [0.717, 1.165) is 12.8 Å². The molecule has 0 spiro atoms. The first kappa shape index (κ1) is 6.88. The van der Waals surface area contributed by atoms with E-state index in [1.54, 1.807) is 0 Å². The maximum absolute atomic E-state index is 8.00. The highest BCUT2D eigenvalue weighted by atomic mass is 16.5. The molecule has 0 aromatic heterocycles. The van der Waals surface area contributed by atoms with Gasteiger partial charge in [-0.3, -0.25) is 0 Å². The van der Waals surface area contributed by atoms with E-state index in [1.165, 1.54) is 0 Å². The van der Waals surface area contributed by atoms with Gasteiger partial charge < -0.3 is 10.9 Å². The molecule has 0 unspecified atom stereocenters. The van der Waals surface area contributed by atoms with E-state index >= 15 is 0 Å². The van der Waals surface area contributed by atoms with Crippen molar-refractivity contribution in [1.82, 2.24) is 5.48 Å². The third kappa shape index (κ3) is 5.88. The largest absolute Gasteiger partial charge is 0.330 e. The van der Waals surface area contributed by atoms with Crippen molar-refractivity contribution < 1.29 is 5.21 Å². The summed E-state index contributed by atoms with van der Waals surface area (Å²) in [5, 5.41) is 8.00. The molecule has 0 bridgehead atoms. The van der Waals surface area contributed by atoms with E-state index in [-0.39, 0.29) is 0 Å². The van der Waals surface area contributed by atoms with Crippen LogP contribution in [0, 0.1) is 0 Å². The molecule has 7 heavy (non-hydrogen) atoms. The summed E-state index contributed by atoms with van der Waals surface area (Å²) in [5.41, 5.74) is 7.21. The molecular weight excluding hydrogens is 92.1 g/mol. The summed E-state index contributed by atoms with van der Waals surface area (Å²) in [4.78, 5) is 0. The van der Waals surface area contributed by atoms with Gasteiger partial charge in [-0.2, -0.15) is 0 Å². The first-order chi connectivity index (χ1) is 3.41. The van der Waals surface area contributed by atoms with Crippen molar-refractivity contribution in [1.29, 1.82) is 0 Å². The molecule has 0 aliphatic rings. The number of hydroxylamine groups is 1. The predicted molar refractivity (Wildman–Crippen MR) is 28.1 cm³/mol. The molecule has 0 rings (SSSR count). The third-order valence-electron chi connectivity index (χ3n) is 0.743. The van der Waals surface area contributed by atoms with Crippen LogP contribution in [0.2, 0.25) is 0 Å². The normalized spacial score (nSPS) is 9.43. The smallest absolute Gasteiger partial charge is 0.0207 e. The molecule has 3 heteroatoms. The average Bonchev–Trinajstić information content (AvgIpc) is 1.69. The molecule has 0 radical (unpaired) electrons. The standard InChI is InChI=1S/C4H12N2O/c5-3-1-2-4-6-7/h6-7H,1-5H2. The summed E-state index contributed by atoms with van der Waals surface area (Å²) in [7, 11) is 0. The predicted octanol–water partition coefficient (Wildman–Crippen LogP) is -0.296. The van der Waals surface area contributed by atoms with Crippen LogP contribution >= 0.6 is 0 Å². The molecule has 0 aliphatic heterocycles. The van der Waals surface area contributed by atoms with Gasteiger partial charge in [-0.25, -0.2) is 5.48 Å². The maximum Gasteiger partial charge on any atom is 0.0207 e. The highest BCUT2D eigenvalue weighted by Gasteiger charge is 1.79. The van der Waals surface area contributed by atoms with E-state index in [0.29, 0.717) is 13.1 Å². The van der Waals surface area contributed by atoms with Crippen LogP contribution in [-0.2, 0) is 0 Å². The lowest BCUT2D eigenvalue weighted by Gasteiger charge is -1.92. The Morgan fingerprint density at radius 3 is 2.57 bits per heavy atom. The second kappa shape index (κ2) is 5.88. The molecule has 0 aromatic rings. The molecule has 0 aliphatic carbocycles. The van der Waals surface area contributed by atoms with Gasteiger partial charge in [0, 0.05) is 6.54 Å². The molecule has 3 nitrogen and oxygen atoms in total. The Balaban J connectivity index is 2.45. The van der Waals surface area contributed by atoms with Crippen LogP contribution in [0.5, 0.6) is 0 Å². The summed E-state index contributed by atoms with van der Waals surface area (Å²) in [6, 6.07) is 0. The quantitative estimate of drug-likeness (QED) is 0.339. The Labute approximate surface area is 43.5 Å². The molecule has 44 valence electrons. The minimum Gasteiger partial charge on any atom is -0.330 e. The van der Waals surface area contributed by atoms with E-state index in [2.05, 4.69) is 0 Å². The van der Waals surface area contributed by atoms with Crippen LogP contribution < -0.4 is 11.2 Å². The number of hydrogen-bond acceptors (Lipinski definition) is 3. The van der Waals surface area contributed by atoms with Gasteiger partial charge in [0.2, 0.25) is 0 Å². The van der Waals surface area contributed by atoms with Crippen LogP contribution in [0.4, 0.5) is 0 Å². The lowest BCUT2D eigenvalue weighted by atomic mass is 10.3. The van der Waals surface area contributed by atoms with Crippen molar-refractivity contribution in [2.45, 2.75) is 12.8 Å². The highest BCUT2D eigenvalue weighted by molar-refractivity contribution is 4.39. The molecule has 4 N–H and O–H groups in total. The van der Waals surface area contributed by atoms with Gasteiger partial charge >= 0.3 is 0 Å². The molecule has 0 saturated carbocycles. The second-order valence-corrected chi connectivity index (χ2v) is 1.40. The van der Waals surface area contributed by atoms with Gasteiger partial charge in [0.25, 0.3) is 0 Å². The Morgan fingerprint density at radius 2 is 2.14 bits per heavy atom. The zero-order valence-electron chi connectivity index (χ0n) is 4.35. The second-order valence-electron chi connectivity index (χ2n) is 1.40. The molecule has 0 saturated heterocycles. The first-order valence-corrected chi connectivity index (χ1v) is 2.49. The molecular formula is C4H12N2O. The number of hydrogen-bond donors (Lipinski definition) is 3. The van der Waals surface area contributed by atoms with Gasteiger partial charge in [-0.1, -0.05) is 0 Å². The fraction of sp³-hybridized carbons (Fsp3) is 1.00. The fourth-order valence-electron chi connectivity index (χ4n) is 0.348. The van der Waals surface area contributed by atoms with Crippen molar-refractivity contribution >= 4 is 0 Å². The summed E-state index contributed by atoms with van der Waals surface area (Å²) in [6.07, 6.45) is 1.93. The average molecular weight is 104 g/mol. The van der Waals surface area contributed by atoms with E-state index < -0.39 is 0 Å². The Bertz CT molecular complexity index is 28.9. The number of nitrogens with two attached hydrogens (primary N) is 1. The monoisotopic (exact) mass is 104 g/mol. The number of unbranched alkanes of at least 4 members (excludes halogenated alkanes) is 1. The maximum atomic E-state index is 8.00. The van der Waals surface area contributed by atoms with Crippen LogP contribution in [0.15, 0.2) is 0 Å². The Hall–Kier alpha value is -0.120. The minimum atomic E-state index is 0.650. The topological polar surface area (TPSA) is 58.3 Å². The van der Waals surface area contributed by atoms with Gasteiger partial charge in [-0.05, 0) is 19.4 Å². The van der Waals surface area contributed by atoms with E-state index in [4.69, 9.17) is 10.9 Å². The van der Waals surface area contributed by atoms with E-state index in [1.807, 2.05) is 5.48 Å². The SMILES string of the molecule is NCCCCNO. The van der Waals surface area contributed by atoms with Crippen molar-refractivity contribution in [3.63, 3.8) is 0 Å². The lowest BCUT2D eigenvalue weighted by molar-refractivity contribution is 0.165. The summed E-state index contributed by atoms with van der Waals surface area (Å²) >= 11 is 0.